The van der Waals surface area contributed by atoms with Crippen molar-refractivity contribution in [3.05, 3.63) is 95.6 Å². The molecule has 0 spiro atoms. The quantitative estimate of drug-likeness (QED) is 0.103. The van der Waals surface area contributed by atoms with Gasteiger partial charge in [0, 0.05) is 6.54 Å². The highest BCUT2D eigenvalue weighted by molar-refractivity contribution is 6.21. The lowest BCUT2D eigenvalue weighted by molar-refractivity contribution is -0.648. The summed E-state index contributed by atoms with van der Waals surface area (Å²) in [5.74, 6) is 0.548. The molecule has 4 aromatic rings. The summed E-state index contributed by atoms with van der Waals surface area (Å²) < 4.78 is 4.50. The number of hydrogen-bond donors (Lipinski definition) is 1. The number of anilines is 1. The number of para-hydroxylation sites is 2. The topological polar surface area (TPSA) is 72.2 Å². The minimum absolute atomic E-state index is 0.139. The molecule has 1 aliphatic heterocycles. The number of carbonyl (C=O) groups excluding carboxylic acids is 2. The zero-order chi connectivity index (χ0) is 27.7. The van der Waals surface area contributed by atoms with Crippen LogP contribution in [-0.4, -0.2) is 27.8 Å². The van der Waals surface area contributed by atoms with Crippen LogP contribution in [0.5, 0.6) is 0 Å². The Morgan fingerprint density at radius 1 is 0.575 bits per heavy atom. The van der Waals surface area contributed by atoms with E-state index in [1.165, 1.54) is 60.0 Å². The van der Waals surface area contributed by atoms with E-state index in [-0.39, 0.29) is 11.8 Å². The van der Waals surface area contributed by atoms with E-state index in [2.05, 4.69) is 57.7 Å². The second-order valence-electron chi connectivity index (χ2n) is 10.9. The van der Waals surface area contributed by atoms with E-state index in [0.717, 1.165) is 44.7 Å². The number of unbranched alkanes of at least 4 members (excludes halogenated alkanes) is 9. The maximum absolute atomic E-state index is 12.4. The van der Waals surface area contributed by atoms with Crippen LogP contribution in [0.2, 0.25) is 0 Å². The van der Waals surface area contributed by atoms with Gasteiger partial charge >= 0.3 is 5.95 Å². The zero-order valence-electron chi connectivity index (χ0n) is 23.4. The highest BCUT2D eigenvalue weighted by Gasteiger charge is 2.34. The Kier molecular flexibility index (Phi) is 9.27. The molecule has 208 valence electrons. The number of fused-ring (bicyclic) bond motifs is 2. The van der Waals surface area contributed by atoms with Gasteiger partial charge in [-0.3, -0.25) is 20.2 Å². The number of amides is 2. The second-order valence-corrected chi connectivity index (χ2v) is 10.9. The first-order valence-electron chi connectivity index (χ1n) is 14.9. The fourth-order valence-electron chi connectivity index (χ4n) is 5.88. The number of aromatic nitrogens is 2. The van der Waals surface area contributed by atoms with E-state index in [1.54, 1.807) is 12.1 Å². The fourth-order valence-corrected chi connectivity index (χ4v) is 5.88. The van der Waals surface area contributed by atoms with Crippen molar-refractivity contribution in [2.75, 3.05) is 12.3 Å². The van der Waals surface area contributed by atoms with Crippen LogP contribution in [0.1, 0.15) is 90.5 Å². The number of carbonyl (C=O) groups is 2. The van der Waals surface area contributed by atoms with Crippen LogP contribution < -0.4 is 10.3 Å². The van der Waals surface area contributed by atoms with Crippen LogP contribution >= 0.6 is 0 Å². The minimum atomic E-state index is -0.139. The number of benzene rings is 3. The molecule has 1 aliphatic rings. The predicted octanol–water partition coefficient (Wildman–Crippen LogP) is 6.76. The van der Waals surface area contributed by atoms with Gasteiger partial charge in [-0.15, -0.1) is 0 Å². The lowest BCUT2D eigenvalue weighted by Gasteiger charge is -2.13. The molecule has 6 nitrogen and oxygen atoms in total. The lowest BCUT2D eigenvalue weighted by atomic mass is 10.1. The van der Waals surface area contributed by atoms with Gasteiger partial charge in [0.2, 0.25) is 0 Å². The van der Waals surface area contributed by atoms with E-state index in [1.807, 2.05) is 18.2 Å². The number of rotatable bonds is 15. The molecule has 5 rings (SSSR count). The molecule has 0 saturated heterocycles. The van der Waals surface area contributed by atoms with Crippen LogP contribution in [0.15, 0.2) is 78.9 Å². The van der Waals surface area contributed by atoms with E-state index < -0.39 is 0 Å². The van der Waals surface area contributed by atoms with E-state index in [4.69, 9.17) is 5.73 Å². The Labute approximate surface area is 237 Å². The summed E-state index contributed by atoms with van der Waals surface area (Å²) in [4.78, 5) is 26.3. The molecule has 3 aromatic carbocycles. The van der Waals surface area contributed by atoms with Crippen molar-refractivity contribution in [2.24, 2.45) is 0 Å². The lowest BCUT2D eigenvalue weighted by Crippen LogP contribution is -2.37. The largest absolute Gasteiger partial charge is 0.356 e. The first-order valence-corrected chi connectivity index (χ1v) is 14.9. The maximum atomic E-state index is 12.4. The average Bonchev–Trinajstić information content (AvgIpc) is 3.39. The van der Waals surface area contributed by atoms with Gasteiger partial charge in [0.1, 0.15) is 11.0 Å². The summed E-state index contributed by atoms with van der Waals surface area (Å²) in [7, 11) is 0. The van der Waals surface area contributed by atoms with Crippen LogP contribution in [0, 0.1) is 0 Å². The van der Waals surface area contributed by atoms with Crippen LogP contribution in [-0.2, 0) is 13.1 Å². The number of hydrogen-bond acceptors (Lipinski definition) is 3. The number of imidazole rings is 1. The van der Waals surface area contributed by atoms with Gasteiger partial charge < -0.3 is 0 Å². The number of nitrogens with two attached hydrogens (primary N) is 1. The van der Waals surface area contributed by atoms with E-state index in [9.17, 15) is 9.59 Å². The van der Waals surface area contributed by atoms with Crippen LogP contribution in [0.4, 0.5) is 5.95 Å². The summed E-state index contributed by atoms with van der Waals surface area (Å²) in [5.41, 5.74) is 11.4. The molecule has 2 amide bonds. The van der Waals surface area contributed by atoms with Gasteiger partial charge in [-0.05, 0) is 42.7 Å². The third-order valence-corrected chi connectivity index (χ3v) is 8.09. The molecular weight excluding hydrogens is 496 g/mol. The Bertz CT molecular complexity index is 1410. The van der Waals surface area contributed by atoms with Gasteiger partial charge in [-0.2, -0.15) is 0 Å². The summed E-state index contributed by atoms with van der Waals surface area (Å²) in [6, 6.07) is 26.1. The van der Waals surface area contributed by atoms with E-state index in [0.29, 0.717) is 17.7 Å². The predicted molar refractivity (Wildman–Crippen MR) is 160 cm³/mol. The summed E-state index contributed by atoms with van der Waals surface area (Å²) in [6.07, 6.45) is 11.7. The molecular formula is C34H41N4O2+. The van der Waals surface area contributed by atoms with Gasteiger partial charge in [-0.1, -0.05) is 106 Å². The van der Waals surface area contributed by atoms with Crippen molar-refractivity contribution in [3.8, 4) is 0 Å². The SMILES string of the molecule is Nc1n(CCCCCCCCCCCCN2C(=O)c3ccccc3C2=O)c2ccccc2[n+]1Cc1ccccc1. The number of nitrogens with zero attached hydrogens (tertiary/aromatic N) is 3. The molecule has 2 heterocycles. The molecule has 6 heteroatoms. The molecule has 0 atom stereocenters. The standard InChI is InChI=1S/C34H40N4O2/c35-34-36(30-22-14-15-23-31(30)38(34)26-27-18-10-9-11-19-27)24-16-7-5-3-1-2-4-6-8-17-25-37-32(39)28-20-12-13-21-29(28)33(37)40/h9-15,18-23,35H,1-8,16-17,24-26H2/p+1. The smallest absolute Gasteiger partial charge is 0.290 e. The third kappa shape index (κ3) is 6.27. The van der Waals surface area contributed by atoms with Crippen LogP contribution in [0.25, 0.3) is 11.0 Å². The summed E-state index contributed by atoms with van der Waals surface area (Å²) in [6.45, 7) is 2.25. The summed E-state index contributed by atoms with van der Waals surface area (Å²) in [5, 5.41) is 0. The van der Waals surface area contributed by atoms with Crippen molar-refractivity contribution >= 4 is 28.8 Å². The average molecular weight is 538 g/mol. The molecule has 2 N–H and O–H groups in total. The zero-order valence-corrected chi connectivity index (χ0v) is 23.4. The molecule has 40 heavy (non-hydrogen) atoms. The molecule has 1 aromatic heterocycles. The first-order chi connectivity index (χ1) is 19.6. The molecule has 0 saturated carbocycles. The van der Waals surface area contributed by atoms with Crippen molar-refractivity contribution in [1.82, 2.24) is 9.47 Å². The second kappa shape index (κ2) is 13.4. The van der Waals surface area contributed by atoms with E-state index >= 15 is 0 Å². The third-order valence-electron chi connectivity index (χ3n) is 8.09. The number of aryl methyl sites for hydroxylation is 1. The molecule has 0 fully saturated rings. The van der Waals surface area contributed by atoms with Crippen molar-refractivity contribution in [3.63, 3.8) is 0 Å². The Balaban J connectivity index is 0.954. The van der Waals surface area contributed by atoms with Crippen molar-refractivity contribution in [1.29, 1.82) is 0 Å². The molecule has 0 bridgehead atoms. The van der Waals surface area contributed by atoms with Gasteiger partial charge in [0.05, 0.1) is 24.2 Å². The van der Waals surface area contributed by atoms with Crippen LogP contribution in [0.3, 0.4) is 0 Å². The normalized spacial score (nSPS) is 12.9. The van der Waals surface area contributed by atoms with Gasteiger partial charge in [0.15, 0.2) is 0 Å². The molecule has 0 aliphatic carbocycles. The van der Waals surface area contributed by atoms with Crippen molar-refractivity contribution in [2.45, 2.75) is 77.3 Å². The fraction of sp³-hybridized carbons (Fsp3) is 0.382. The Morgan fingerprint density at radius 2 is 1.07 bits per heavy atom. The minimum Gasteiger partial charge on any atom is -0.290 e. The molecule has 0 unspecified atom stereocenters. The highest BCUT2D eigenvalue weighted by atomic mass is 16.2. The maximum Gasteiger partial charge on any atom is 0.356 e. The van der Waals surface area contributed by atoms with Crippen molar-refractivity contribution < 1.29 is 14.2 Å². The number of imide groups is 1. The Hall–Kier alpha value is -3.93. The monoisotopic (exact) mass is 537 g/mol. The Morgan fingerprint density at radius 3 is 1.70 bits per heavy atom. The highest BCUT2D eigenvalue weighted by Crippen LogP contribution is 2.23. The molecule has 0 radical (unpaired) electrons. The van der Waals surface area contributed by atoms with Gasteiger partial charge in [-0.25, -0.2) is 9.13 Å². The summed E-state index contributed by atoms with van der Waals surface area (Å²) >= 11 is 0. The number of nitrogen functional groups attached to an aromatic ring is 1. The van der Waals surface area contributed by atoms with Gasteiger partial charge in [0.25, 0.3) is 11.8 Å². The first kappa shape index (κ1) is 27.6.